The van der Waals surface area contributed by atoms with E-state index >= 15 is 0 Å². The van der Waals surface area contributed by atoms with Crippen LogP contribution in [0.2, 0.25) is 0 Å². The van der Waals surface area contributed by atoms with Gasteiger partial charge in [0, 0.05) is 18.7 Å². The Morgan fingerprint density at radius 1 is 1.15 bits per heavy atom. The first-order chi connectivity index (χ1) is 16.0. The number of benzene rings is 3. The van der Waals surface area contributed by atoms with Crippen LogP contribution in [-0.4, -0.2) is 20.7 Å². The van der Waals surface area contributed by atoms with Gasteiger partial charge in [0.25, 0.3) is 5.69 Å². The van der Waals surface area contributed by atoms with Crippen LogP contribution in [-0.2, 0) is 13.2 Å². The zero-order valence-electron chi connectivity index (χ0n) is 17.5. The molecule has 0 aliphatic rings. The van der Waals surface area contributed by atoms with E-state index in [1.165, 1.54) is 12.1 Å². The van der Waals surface area contributed by atoms with Crippen LogP contribution in [0.25, 0.3) is 11.0 Å². The average molecular weight is 573 g/mol. The molecule has 0 atom stereocenters. The van der Waals surface area contributed by atoms with Gasteiger partial charge in [-0.1, -0.05) is 12.1 Å². The highest BCUT2D eigenvalue weighted by Gasteiger charge is 2.11. The zero-order chi connectivity index (χ0) is 23.4. The summed E-state index contributed by atoms with van der Waals surface area (Å²) in [5, 5.41) is 15.1. The van der Waals surface area contributed by atoms with E-state index in [9.17, 15) is 10.1 Å². The van der Waals surface area contributed by atoms with E-state index in [2.05, 4.69) is 58.9 Å². The zero-order valence-corrected chi connectivity index (χ0v) is 20.7. The lowest BCUT2D eigenvalue weighted by molar-refractivity contribution is -0.384. The van der Waals surface area contributed by atoms with E-state index in [-0.39, 0.29) is 12.3 Å². The number of nitro groups is 1. The average Bonchev–Trinajstić information content (AvgIpc) is 3.16. The molecule has 33 heavy (non-hydrogen) atoms. The third-order valence-corrected chi connectivity index (χ3v) is 6.08. The lowest BCUT2D eigenvalue weighted by Crippen LogP contribution is -2.02. The number of imidazole rings is 1. The van der Waals surface area contributed by atoms with Crippen molar-refractivity contribution >= 4 is 60.7 Å². The Kier molecular flexibility index (Phi) is 7.05. The van der Waals surface area contributed by atoms with Crippen molar-refractivity contribution in [2.75, 3.05) is 5.43 Å². The maximum atomic E-state index is 10.8. The second-order valence-corrected chi connectivity index (χ2v) is 8.77. The fourth-order valence-electron chi connectivity index (χ4n) is 3.31. The quantitative estimate of drug-likeness (QED) is 0.147. The van der Waals surface area contributed by atoms with Crippen molar-refractivity contribution in [2.24, 2.45) is 5.10 Å². The van der Waals surface area contributed by atoms with Crippen molar-refractivity contribution in [1.82, 2.24) is 9.55 Å². The number of halogens is 2. The Bertz CT molecular complexity index is 1310. The largest absolute Gasteiger partial charge is 0.487 e. The van der Waals surface area contributed by atoms with Gasteiger partial charge in [-0.15, -0.1) is 0 Å². The topological polar surface area (TPSA) is 94.6 Å². The minimum absolute atomic E-state index is 0.0489. The fourth-order valence-corrected chi connectivity index (χ4v) is 4.76. The number of para-hydroxylation sites is 2. The Morgan fingerprint density at radius 3 is 2.52 bits per heavy atom. The van der Waals surface area contributed by atoms with Crippen molar-refractivity contribution in [3.8, 4) is 5.75 Å². The molecule has 168 valence electrons. The molecule has 0 aliphatic heterocycles. The number of anilines is 1. The van der Waals surface area contributed by atoms with Gasteiger partial charge in [-0.05, 0) is 86.3 Å². The van der Waals surface area contributed by atoms with Gasteiger partial charge in [-0.3, -0.25) is 10.1 Å². The highest BCUT2D eigenvalue weighted by atomic mass is 79.9. The van der Waals surface area contributed by atoms with Crippen molar-refractivity contribution in [1.29, 1.82) is 0 Å². The number of ether oxygens (including phenoxy) is 1. The van der Waals surface area contributed by atoms with Crippen molar-refractivity contribution in [3.63, 3.8) is 0 Å². The number of aromatic nitrogens is 2. The van der Waals surface area contributed by atoms with Crippen LogP contribution in [0.15, 0.2) is 74.7 Å². The number of hydrogen-bond donors (Lipinski definition) is 1. The molecule has 0 aliphatic carbocycles. The molecule has 8 nitrogen and oxygen atoms in total. The highest BCUT2D eigenvalue weighted by Crippen LogP contribution is 2.35. The SMILES string of the molecule is CCn1c(N/N=C\c2cc(Br)c(OCc3ccc([N+](=O)[O-])cc3)c(Br)c2)nc2ccccc21. The summed E-state index contributed by atoms with van der Waals surface area (Å²) in [5.41, 5.74) is 6.72. The number of fused-ring (bicyclic) bond motifs is 1. The summed E-state index contributed by atoms with van der Waals surface area (Å²) in [4.78, 5) is 15.0. The van der Waals surface area contributed by atoms with Crippen LogP contribution in [0.5, 0.6) is 5.75 Å². The van der Waals surface area contributed by atoms with E-state index < -0.39 is 4.92 Å². The van der Waals surface area contributed by atoms with E-state index in [0.29, 0.717) is 11.7 Å². The molecule has 0 fully saturated rings. The lowest BCUT2D eigenvalue weighted by Gasteiger charge is -2.11. The summed E-state index contributed by atoms with van der Waals surface area (Å²) in [7, 11) is 0. The van der Waals surface area contributed by atoms with Gasteiger partial charge in [0.15, 0.2) is 0 Å². The van der Waals surface area contributed by atoms with Crippen LogP contribution in [0.3, 0.4) is 0 Å². The molecule has 3 aromatic carbocycles. The normalized spacial score (nSPS) is 11.2. The van der Waals surface area contributed by atoms with E-state index in [1.807, 2.05) is 36.4 Å². The predicted molar refractivity (Wildman–Crippen MR) is 136 cm³/mol. The molecule has 1 N–H and O–H groups in total. The Morgan fingerprint density at radius 2 is 1.85 bits per heavy atom. The number of hydrazone groups is 1. The van der Waals surface area contributed by atoms with E-state index in [1.54, 1.807) is 18.3 Å². The number of hydrogen-bond acceptors (Lipinski definition) is 6. The molecule has 0 bridgehead atoms. The first-order valence-electron chi connectivity index (χ1n) is 10.1. The first-order valence-corrected chi connectivity index (χ1v) is 11.6. The maximum absolute atomic E-state index is 10.8. The summed E-state index contributed by atoms with van der Waals surface area (Å²) >= 11 is 7.08. The minimum Gasteiger partial charge on any atom is -0.487 e. The number of nitrogens with one attached hydrogen (secondary N) is 1. The molecule has 1 aromatic heterocycles. The molecule has 0 spiro atoms. The molecule has 4 aromatic rings. The summed E-state index contributed by atoms with van der Waals surface area (Å²) in [6.45, 7) is 3.11. The van der Waals surface area contributed by atoms with Gasteiger partial charge in [-0.25, -0.2) is 10.4 Å². The Labute approximate surface area is 206 Å². The smallest absolute Gasteiger partial charge is 0.269 e. The summed E-state index contributed by atoms with van der Waals surface area (Å²) in [6, 6.07) is 18.0. The van der Waals surface area contributed by atoms with Crippen molar-refractivity contribution in [2.45, 2.75) is 20.1 Å². The van der Waals surface area contributed by atoms with Gasteiger partial charge < -0.3 is 9.30 Å². The van der Waals surface area contributed by atoms with Crippen LogP contribution in [0.4, 0.5) is 11.6 Å². The van der Waals surface area contributed by atoms with Crippen molar-refractivity contribution < 1.29 is 9.66 Å². The lowest BCUT2D eigenvalue weighted by atomic mass is 10.2. The number of nitro benzene ring substituents is 1. The molecule has 0 unspecified atom stereocenters. The van der Waals surface area contributed by atoms with Crippen LogP contribution in [0.1, 0.15) is 18.1 Å². The highest BCUT2D eigenvalue weighted by molar-refractivity contribution is 9.11. The third kappa shape index (κ3) is 5.23. The van der Waals surface area contributed by atoms with Gasteiger partial charge in [0.2, 0.25) is 5.95 Å². The third-order valence-electron chi connectivity index (χ3n) is 4.90. The first kappa shape index (κ1) is 22.9. The van der Waals surface area contributed by atoms with E-state index in [0.717, 1.165) is 37.7 Å². The number of rotatable bonds is 8. The fraction of sp³-hybridized carbons (Fsp3) is 0.130. The van der Waals surface area contributed by atoms with Gasteiger partial charge >= 0.3 is 0 Å². The molecule has 0 saturated heterocycles. The molecule has 10 heteroatoms. The van der Waals surface area contributed by atoms with E-state index in [4.69, 9.17) is 4.74 Å². The second-order valence-electron chi connectivity index (χ2n) is 7.06. The maximum Gasteiger partial charge on any atom is 0.269 e. The van der Waals surface area contributed by atoms with Crippen LogP contribution in [0, 0.1) is 10.1 Å². The number of non-ortho nitro benzene ring substituents is 1. The monoisotopic (exact) mass is 571 g/mol. The standard InChI is InChI=1S/C23H19Br2N5O3/c1-2-29-21-6-4-3-5-20(21)27-23(29)28-26-13-16-11-18(24)22(19(25)12-16)33-14-15-7-9-17(10-8-15)30(31)32/h3-13H,2,14H2,1H3,(H,27,28)/b26-13-. The van der Waals surface area contributed by atoms with Crippen LogP contribution >= 0.6 is 31.9 Å². The summed E-state index contributed by atoms with van der Waals surface area (Å²) < 4.78 is 9.47. The van der Waals surface area contributed by atoms with Crippen LogP contribution < -0.4 is 10.2 Å². The number of nitrogens with zero attached hydrogens (tertiary/aromatic N) is 4. The molecule has 0 saturated carbocycles. The summed E-state index contributed by atoms with van der Waals surface area (Å²) in [6.07, 6.45) is 1.70. The molecule has 0 amide bonds. The Balaban J connectivity index is 1.45. The predicted octanol–water partition coefficient (Wildman–Crippen LogP) is 6.51. The second kappa shape index (κ2) is 10.1. The van der Waals surface area contributed by atoms with Gasteiger partial charge in [0.1, 0.15) is 12.4 Å². The minimum atomic E-state index is -0.426. The number of aryl methyl sites for hydroxylation is 1. The van der Waals surface area contributed by atoms with Gasteiger partial charge in [0.05, 0.1) is 31.1 Å². The molecule has 0 radical (unpaired) electrons. The Hall–Kier alpha value is -3.24. The summed E-state index contributed by atoms with van der Waals surface area (Å²) in [5.74, 6) is 1.31. The molecular formula is C23H19Br2N5O3. The molecular weight excluding hydrogens is 554 g/mol. The van der Waals surface area contributed by atoms with Gasteiger partial charge in [-0.2, -0.15) is 5.10 Å². The molecule has 4 rings (SSSR count). The van der Waals surface area contributed by atoms with Crippen molar-refractivity contribution in [3.05, 3.63) is 90.9 Å². The molecule has 1 heterocycles.